The largest absolute Gasteiger partial charge is 0.348 e. The van der Waals surface area contributed by atoms with Gasteiger partial charge in [0.25, 0.3) is 5.91 Å². The molecule has 1 saturated heterocycles. The van der Waals surface area contributed by atoms with Gasteiger partial charge in [0.05, 0.1) is 42.2 Å². The molecule has 1 amide bonds. The number of carbonyl (C=O) groups excluding carboxylic acids is 1. The Labute approximate surface area is 170 Å². The van der Waals surface area contributed by atoms with Gasteiger partial charge in [-0.15, -0.1) is 0 Å². The van der Waals surface area contributed by atoms with Crippen molar-refractivity contribution in [2.45, 2.75) is 39.2 Å². The van der Waals surface area contributed by atoms with Crippen molar-refractivity contribution >= 4 is 16.8 Å². The van der Waals surface area contributed by atoms with Crippen LogP contribution in [-0.4, -0.2) is 50.6 Å². The van der Waals surface area contributed by atoms with Gasteiger partial charge in [-0.2, -0.15) is 5.10 Å². The van der Waals surface area contributed by atoms with Crippen molar-refractivity contribution in [3.05, 3.63) is 59.5 Å². The first-order valence-corrected chi connectivity index (χ1v) is 9.76. The second-order valence-corrected chi connectivity index (χ2v) is 7.95. The molecule has 0 bridgehead atoms. The molecule has 7 nitrogen and oxygen atoms in total. The highest BCUT2D eigenvalue weighted by Crippen LogP contribution is 2.24. The molecule has 3 aromatic rings. The van der Waals surface area contributed by atoms with Crippen molar-refractivity contribution < 1.29 is 14.3 Å². The standard InChI is InChI=1S/C22H26N4O3/c1-15-9-18(25(4)24-15)12-26(13-19-14-28-22(2,3)29-19)21(27)17-10-16-7-5-6-8-20(16)23-11-17/h5-11,19H,12-14H2,1-4H3/t19-/m0/s1. The first-order chi connectivity index (χ1) is 13.8. The summed E-state index contributed by atoms with van der Waals surface area (Å²) in [4.78, 5) is 19.7. The van der Waals surface area contributed by atoms with Crippen molar-refractivity contribution in [2.75, 3.05) is 13.2 Å². The van der Waals surface area contributed by atoms with Gasteiger partial charge in [0, 0.05) is 18.6 Å². The number of hydrogen-bond donors (Lipinski definition) is 0. The molecule has 0 aliphatic carbocycles. The highest BCUT2D eigenvalue weighted by atomic mass is 16.7. The molecule has 0 spiro atoms. The highest BCUT2D eigenvalue weighted by molar-refractivity contribution is 5.97. The van der Waals surface area contributed by atoms with Crippen LogP contribution in [0.4, 0.5) is 0 Å². The van der Waals surface area contributed by atoms with Crippen molar-refractivity contribution in [2.24, 2.45) is 7.05 Å². The van der Waals surface area contributed by atoms with Crippen molar-refractivity contribution in [3.8, 4) is 0 Å². The summed E-state index contributed by atoms with van der Waals surface area (Å²) in [6, 6.07) is 11.7. The Kier molecular flexibility index (Phi) is 5.10. The lowest BCUT2D eigenvalue weighted by Crippen LogP contribution is -2.39. The minimum atomic E-state index is -0.632. The molecule has 29 heavy (non-hydrogen) atoms. The summed E-state index contributed by atoms with van der Waals surface area (Å²) < 4.78 is 13.4. The molecule has 1 aromatic carbocycles. The number of rotatable bonds is 5. The van der Waals surface area contributed by atoms with E-state index >= 15 is 0 Å². The van der Waals surface area contributed by atoms with Gasteiger partial charge in [0.15, 0.2) is 5.79 Å². The SMILES string of the molecule is Cc1cc(CN(C[C@H]2COC(C)(C)O2)C(=O)c2cnc3ccccc3c2)n(C)n1. The molecular formula is C22H26N4O3. The average Bonchev–Trinajstić information content (AvgIpc) is 3.20. The number of amides is 1. The van der Waals surface area contributed by atoms with Gasteiger partial charge >= 0.3 is 0 Å². The molecule has 0 saturated carbocycles. The van der Waals surface area contributed by atoms with Gasteiger partial charge < -0.3 is 14.4 Å². The normalized spacial score (nSPS) is 18.3. The van der Waals surface area contributed by atoms with E-state index in [0.29, 0.717) is 25.3 Å². The lowest BCUT2D eigenvalue weighted by Gasteiger charge is -2.26. The fraction of sp³-hybridized carbons (Fsp3) is 0.409. The van der Waals surface area contributed by atoms with Gasteiger partial charge in [-0.1, -0.05) is 18.2 Å². The number of fused-ring (bicyclic) bond motifs is 1. The third-order valence-corrected chi connectivity index (χ3v) is 5.07. The molecule has 0 unspecified atom stereocenters. The summed E-state index contributed by atoms with van der Waals surface area (Å²) in [5, 5.41) is 5.34. The number of pyridine rings is 1. The van der Waals surface area contributed by atoms with E-state index in [1.54, 1.807) is 11.1 Å². The molecule has 0 radical (unpaired) electrons. The van der Waals surface area contributed by atoms with Gasteiger partial charge in [-0.3, -0.25) is 14.5 Å². The molecule has 1 aliphatic rings. The smallest absolute Gasteiger partial charge is 0.255 e. The Morgan fingerprint density at radius 3 is 2.79 bits per heavy atom. The number of hydrogen-bond acceptors (Lipinski definition) is 5. The van der Waals surface area contributed by atoms with E-state index in [-0.39, 0.29) is 12.0 Å². The van der Waals surface area contributed by atoms with Crippen LogP contribution in [0.5, 0.6) is 0 Å². The van der Waals surface area contributed by atoms with E-state index in [1.165, 1.54) is 0 Å². The topological polar surface area (TPSA) is 69.5 Å². The van der Waals surface area contributed by atoms with Gasteiger partial charge in [-0.05, 0) is 39.0 Å². The summed E-state index contributed by atoms with van der Waals surface area (Å²) in [5.74, 6) is -0.720. The van der Waals surface area contributed by atoms with Crippen LogP contribution in [0.15, 0.2) is 42.6 Å². The fourth-order valence-corrected chi connectivity index (χ4v) is 3.70. The predicted molar refractivity (Wildman–Crippen MR) is 109 cm³/mol. The van der Waals surface area contributed by atoms with Crippen LogP contribution in [-0.2, 0) is 23.1 Å². The fourth-order valence-electron chi connectivity index (χ4n) is 3.70. The Bertz CT molecular complexity index is 1040. The number of aromatic nitrogens is 3. The van der Waals surface area contributed by atoms with Crippen molar-refractivity contribution in [1.82, 2.24) is 19.7 Å². The molecule has 0 N–H and O–H groups in total. The van der Waals surface area contributed by atoms with E-state index in [1.807, 2.05) is 68.9 Å². The first-order valence-electron chi connectivity index (χ1n) is 9.76. The van der Waals surface area contributed by atoms with Crippen LogP contribution in [0.25, 0.3) is 10.9 Å². The number of aryl methyl sites for hydroxylation is 2. The Balaban J connectivity index is 1.62. The number of benzene rings is 1. The minimum absolute atomic E-state index is 0.0876. The molecule has 1 fully saturated rings. The van der Waals surface area contributed by atoms with Crippen LogP contribution in [0.2, 0.25) is 0 Å². The second-order valence-electron chi connectivity index (χ2n) is 7.95. The van der Waals surface area contributed by atoms with Crippen LogP contribution in [0.3, 0.4) is 0 Å². The monoisotopic (exact) mass is 394 g/mol. The lowest BCUT2D eigenvalue weighted by molar-refractivity contribution is -0.139. The Morgan fingerprint density at radius 1 is 1.31 bits per heavy atom. The van der Waals surface area contributed by atoms with E-state index in [4.69, 9.17) is 9.47 Å². The van der Waals surface area contributed by atoms with E-state index in [0.717, 1.165) is 22.3 Å². The number of ether oxygens (including phenoxy) is 2. The summed E-state index contributed by atoms with van der Waals surface area (Å²) in [6.45, 7) is 7.03. The quantitative estimate of drug-likeness (QED) is 0.665. The zero-order valence-electron chi connectivity index (χ0n) is 17.3. The summed E-state index contributed by atoms with van der Waals surface area (Å²) in [5.41, 5.74) is 3.31. The van der Waals surface area contributed by atoms with Crippen LogP contribution >= 0.6 is 0 Å². The van der Waals surface area contributed by atoms with Gasteiger partial charge in [0.1, 0.15) is 6.10 Å². The zero-order valence-corrected chi connectivity index (χ0v) is 17.3. The van der Waals surface area contributed by atoms with Crippen molar-refractivity contribution in [3.63, 3.8) is 0 Å². The van der Waals surface area contributed by atoms with Gasteiger partial charge in [-0.25, -0.2) is 0 Å². The van der Waals surface area contributed by atoms with Crippen LogP contribution < -0.4 is 0 Å². The molecule has 152 valence electrons. The van der Waals surface area contributed by atoms with Gasteiger partial charge in [0.2, 0.25) is 0 Å². The van der Waals surface area contributed by atoms with E-state index < -0.39 is 5.79 Å². The average molecular weight is 394 g/mol. The highest BCUT2D eigenvalue weighted by Gasteiger charge is 2.35. The maximum Gasteiger partial charge on any atom is 0.255 e. The number of nitrogens with zero attached hydrogens (tertiary/aromatic N) is 4. The summed E-state index contributed by atoms with van der Waals surface area (Å²) in [6.07, 6.45) is 1.46. The van der Waals surface area contributed by atoms with E-state index in [2.05, 4.69) is 10.1 Å². The molecule has 4 rings (SSSR count). The summed E-state index contributed by atoms with van der Waals surface area (Å²) in [7, 11) is 1.89. The van der Waals surface area contributed by atoms with Crippen molar-refractivity contribution in [1.29, 1.82) is 0 Å². The maximum atomic E-state index is 13.4. The predicted octanol–water partition coefficient (Wildman–Crippen LogP) is 3.07. The molecule has 1 aliphatic heterocycles. The Morgan fingerprint density at radius 2 is 2.10 bits per heavy atom. The number of carbonyl (C=O) groups is 1. The second kappa shape index (κ2) is 7.57. The molecular weight excluding hydrogens is 368 g/mol. The first kappa shape index (κ1) is 19.5. The third-order valence-electron chi connectivity index (χ3n) is 5.07. The molecule has 7 heteroatoms. The molecule has 2 aromatic heterocycles. The maximum absolute atomic E-state index is 13.4. The molecule has 1 atom stereocenters. The lowest BCUT2D eigenvalue weighted by atomic mass is 10.1. The summed E-state index contributed by atoms with van der Waals surface area (Å²) >= 11 is 0. The third kappa shape index (κ3) is 4.31. The zero-order chi connectivity index (χ0) is 20.6. The van der Waals surface area contributed by atoms with Crippen LogP contribution in [0.1, 0.15) is 35.6 Å². The molecule has 3 heterocycles. The van der Waals surface area contributed by atoms with E-state index in [9.17, 15) is 4.79 Å². The minimum Gasteiger partial charge on any atom is -0.348 e. The Hall–Kier alpha value is -2.77. The number of para-hydroxylation sites is 1. The van der Waals surface area contributed by atoms with Crippen LogP contribution in [0, 0.1) is 6.92 Å².